The summed E-state index contributed by atoms with van der Waals surface area (Å²) in [4.78, 5) is 11.1. The Morgan fingerprint density at radius 2 is 1.95 bits per heavy atom. The highest BCUT2D eigenvalue weighted by Gasteiger charge is 2.09. The second-order valence-electron chi connectivity index (χ2n) is 3.89. The van der Waals surface area contributed by atoms with Crippen molar-refractivity contribution in [1.82, 2.24) is 0 Å². The van der Waals surface area contributed by atoms with Crippen LogP contribution in [0.1, 0.15) is 10.4 Å². The van der Waals surface area contributed by atoms with Gasteiger partial charge >= 0.3 is 0 Å². The first kappa shape index (κ1) is 13.2. The van der Waals surface area contributed by atoms with Crippen molar-refractivity contribution in [2.45, 2.75) is 0 Å². The molecule has 2 aromatic carbocycles. The summed E-state index contributed by atoms with van der Waals surface area (Å²) in [6.45, 7) is 0. The average Bonchev–Trinajstić information content (AvgIpc) is 2.37. The molecular weight excluding hydrogens is 269 g/mol. The second kappa shape index (κ2) is 5.16. The molecule has 2 aromatic rings. The fourth-order valence-electron chi connectivity index (χ4n) is 1.56. The highest BCUT2D eigenvalue weighted by Crippen LogP contribution is 2.28. The van der Waals surface area contributed by atoms with Gasteiger partial charge in [-0.05, 0) is 30.3 Å². The van der Waals surface area contributed by atoms with Crippen molar-refractivity contribution in [2.75, 3.05) is 11.1 Å². The van der Waals surface area contributed by atoms with Crippen LogP contribution in [-0.2, 0) is 0 Å². The fourth-order valence-corrected chi connectivity index (χ4v) is 1.74. The monoisotopic (exact) mass is 279 g/mol. The largest absolute Gasteiger partial charge is 0.397 e. The second-order valence-corrected chi connectivity index (χ2v) is 4.30. The molecule has 19 heavy (non-hydrogen) atoms. The summed E-state index contributed by atoms with van der Waals surface area (Å²) in [6, 6.07) is 9.02. The number of hydrogen-bond donors (Lipinski definition) is 3. The standard InChI is InChI=1S/C13H11ClFN3O/c14-8-2-1-3-10(12(8)15)18-11-6-7(13(17)19)4-5-9(11)16/h1-6,18H,16H2,(H2,17,19). The number of primary amides is 1. The van der Waals surface area contributed by atoms with Gasteiger partial charge in [0.05, 0.1) is 22.1 Å². The van der Waals surface area contributed by atoms with Crippen molar-refractivity contribution in [3.63, 3.8) is 0 Å². The summed E-state index contributed by atoms with van der Waals surface area (Å²) in [7, 11) is 0. The van der Waals surface area contributed by atoms with Crippen molar-refractivity contribution in [3.05, 3.63) is 52.8 Å². The molecule has 0 unspecified atom stereocenters. The molecule has 5 N–H and O–H groups in total. The lowest BCUT2D eigenvalue weighted by Crippen LogP contribution is -2.11. The Morgan fingerprint density at radius 1 is 1.21 bits per heavy atom. The van der Waals surface area contributed by atoms with Crippen LogP contribution in [0.2, 0.25) is 5.02 Å². The lowest BCUT2D eigenvalue weighted by atomic mass is 10.1. The van der Waals surface area contributed by atoms with Crippen LogP contribution in [0.4, 0.5) is 21.5 Å². The molecule has 0 radical (unpaired) electrons. The molecule has 0 heterocycles. The number of nitrogens with two attached hydrogens (primary N) is 2. The van der Waals surface area contributed by atoms with E-state index in [0.29, 0.717) is 11.4 Å². The summed E-state index contributed by atoms with van der Waals surface area (Å²) >= 11 is 5.68. The fraction of sp³-hybridized carbons (Fsp3) is 0. The molecule has 0 bridgehead atoms. The van der Waals surface area contributed by atoms with Gasteiger partial charge in [-0.2, -0.15) is 0 Å². The zero-order valence-electron chi connectivity index (χ0n) is 9.78. The molecule has 1 amide bonds. The van der Waals surface area contributed by atoms with Gasteiger partial charge in [0, 0.05) is 5.56 Å². The maximum Gasteiger partial charge on any atom is 0.248 e. The molecular formula is C13H11ClFN3O. The molecule has 0 aliphatic heterocycles. The van der Waals surface area contributed by atoms with Crippen LogP contribution in [0.3, 0.4) is 0 Å². The van der Waals surface area contributed by atoms with Crippen molar-refractivity contribution in [2.24, 2.45) is 5.73 Å². The number of amides is 1. The van der Waals surface area contributed by atoms with Crippen LogP contribution in [0.5, 0.6) is 0 Å². The molecule has 6 heteroatoms. The Morgan fingerprint density at radius 3 is 2.63 bits per heavy atom. The molecule has 0 saturated carbocycles. The maximum absolute atomic E-state index is 13.8. The molecule has 4 nitrogen and oxygen atoms in total. The zero-order chi connectivity index (χ0) is 14.0. The molecule has 98 valence electrons. The van der Waals surface area contributed by atoms with E-state index in [0.717, 1.165) is 0 Å². The van der Waals surface area contributed by atoms with Gasteiger partial charge < -0.3 is 16.8 Å². The molecule has 0 aliphatic carbocycles. The van der Waals surface area contributed by atoms with Gasteiger partial charge in [0.25, 0.3) is 0 Å². The smallest absolute Gasteiger partial charge is 0.248 e. The minimum absolute atomic E-state index is 0.00497. The Labute approximate surface area is 114 Å². The van der Waals surface area contributed by atoms with Crippen molar-refractivity contribution in [1.29, 1.82) is 0 Å². The number of anilines is 3. The molecule has 0 saturated heterocycles. The van der Waals surface area contributed by atoms with Gasteiger partial charge in [0.15, 0.2) is 5.82 Å². The lowest BCUT2D eigenvalue weighted by Gasteiger charge is -2.11. The van der Waals surface area contributed by atoms with Gasteiger partial charge in [-0.3, -0.25) is 4.79 Å². The Balaban J connectivity index is 2.40. The number of benzene rings is 2. The van der Waals surface area contributed by atoms with Crippen molar-refractivity contribution < 1.29 is 9.18 Å². The van der Waals surface area contributed by atoms with Gasteiger partial charge in [0.2, 0.25) is 5.91 Å². The van der Waals surface area contributed by atoms with Gasteiger partial charge in [0.1, 0.15) is 0 Å². The number of carbonyl (C=O) groups excluding carboxylic acids is 1. The number of nitrogens with one attached hydrogen (secondary N) is 1. The van der Waals surface area contributed by atoms with E-state index in [1.165, 1.54) is 30.3 Å². The van der Waals surface area contributed by atoms with E-state index < -0.39 is 11.7 Å². The molecule has 0 aromatic heterocycles. The van der Waals surface area contributed by atoms with Crippen molar-refractivity contribution in [3.8, 4) is 0 Å². The topological polar surface area (TPSA) is 81.1 Å². The summed E-state index contributed by atoms with van der Waals surface area (Å²) in [5, 5.41) is 2.78. The van der Waals surface area contributed by atoms with E-state index in [1.807, 2.05) is 0 Å². The predicted octanol–water partition coefficient (Wildman–Crippen LogP) is 2.90. The van der Waals surface area contributed by atoms with Crippen LogP contribution < -0.4 is 16.8 Å². The molecule has 0 atom stereocenters. The summed E-state index contributed by atoms with van der Waals surface area (Å²) in [6.07, 6.45) is 0. The number of halogens is 2. The summed E-state index contributed by atoms with van der Waals surface area (Å²) in [5.74, 6) is -1.18. The Bertz CT molecular complexity index is 646. The Hall–Kier alpha value is -2.27. The molecule has 0 aliphatic rings. The van der Waals surface area contributed by atoms with Gasteiger partial charge in [-0.1, -0.05) is 17.7 Å². The van der Waals surface area contributed by atoms with E-state index in [9.17, 15) is 9.18 Å². The SMILES string of the molecule is NC(=O)c1ccc(N)c(Nc2cccc(Cl)c2F)c1. The maximum atomic E-state index is 13.8. The molecule has 0 spiro atoms. The molecule has 0 fully saturated rings. The van der Waals surface area contributed by atoms with E-state index in [1.54, 1.807) is 6.07 Å². The van der Waals surface area contributed by atoms with E-state index >= 15 is 0 Å². The first-order valence-electron chi connectivity index (χ1n) is 5.39. The number of nitrogen functional groups attached to an aromatic ring is 1. The third kappa shape index (κ3) is 2.77. The van der Waals surface area contributed by atoms with Crippen molar-refractivity contribution >= 4 is 34.6 Å². The number of carbonyl (C=O) groups is 1. The van der Waals surface area contributed by atoms with Crippen LogP contribution >= 0.6 is 11.6 Å². The van der Waals surface area contributed by atoms with Gasteiger partial charge in [-0.15, -0.1) is 0 Å². The number of rotatable bonds is 3. The minimum atomic E-state index is -0.590. The average molecular weight is 280 g/mol. The predicted molar refractivity (Wildman–Crippen MR) is 74.1 cm³/mol. The normalized spacial score (nSPS) is 10.2. The minimum Gasteiger partial charge on any atom is -0.397 e. The zero-order valence-corrected chi connectivity index (χ0v) is 10.5. The van der Waals surface area contributed by atoms with Crippen LogP contribution in [-0.4, -0.2) is 5.91 Å². The third-order valence-electron chi connectivity index (χ3n) is 2.56. The van der Waals surface area contributed by atoms with E-state index in [4.69, 9.17) is 23.1 Å². The number of hydrogen-bond acceptors (Lipinski definition) is 3. The highest BCUT2D eigenvalue weighted by molar-refractivity contribution is 6.31. The van der Waals surface area contributed by atoms with Crippen LogP contribution in [0.15, 0.2) is 36.4 Å². The summed E-state index contributed by atoms with van der Waals surface area (Å²) < 4.78 is 13.8. The van der Waals surface area contributed by atoms with E-state index in [-0.39, 0.29) is 16.3 Å². The quantitative estimate of drug-likeness (QED) is 0.756. The third-order valence-corrected chi connectivity index (χ3v) is 2.85. The first-order chi connectivity index (χ1) is 8.99. The van der Waals surface area contributed by atoms with Gasteiger partial charge in [-0.25, -0.2) is 4.39 Å². The highest BCUT2D eigenvalue weighted by atomic mass is 35.5. The van der Waals surface area contributed by atoms with E-state index in [2.05, 4.69) is 5.32 Å². The first-order valence-corrected chi connectivity index (χ1v) is 5.77. The van der Waals surface area contributed by atoms with Crippen LogP contribution in [0.25, 0.3) is 0 Å². The Kier molecular flexibility index (Phi) is 3.57. The lowest BCUT2D eigenvalue weighted by molar-refractivity contribution is 0.100. The summed E-state index contributed by atoms with van der Waals surface area (Å²) in [5.41, 5.74) is 12.1. The molecule has 2 rings (SSSR count). The van der Waals surface area contributed by atoms with Crippen LogP contribution in [0, 0.1) is 5.82 Å².